The molecule has 0 N–H and O–H groups in total. The summed E-state index contributed by atoms with van der Waals surface area (Å²) < 4.78 is 0. The standard InChI is InChI=1S/C24H44/c1-17(2)9-11-19-18(3)10-12-21-23(19,6)16-13-20-22(4,5)14-8-15-24(20,21)7/h17-21H,8-16H2,1-7H3/t18-,19-,20+,21+,23+,24+/m1/s1. The van der Waals surface area contributed by atoms with Crippen molar-refractivity contribution in [3.63, 3.8) is 0 Å². The average molecular weight is 333 g/mol. The van der Waals surface area contributed by atoms with Gasteiger partial charge in [-0.3, -0.25) is 0 Å². The molecule has 0 amide bonds. The second-order valence-corrected chi connectivity index (χ2v) is 11.6. The Balaban J connectivity index is 1.90. The van der Waals surface area contributed by atoms with Crippen molar-refractivity contribution in [2.75, 3.05) is 0 Å². The monoisotopic (exact) mass is 332 g/mol. The van der Waals surface area contributed by atoms with E-state index in [0.717, 1.165) is 29.6 Å². The summed E-state index contributed by atoms with van der Waals surface area (Å²) in [7, 11) is 0. The molecule has 3 aliphatic rings. The lowest BCUT2D eigenvalue weighted by Crippen LogP contribution is -2.59. The van der Waals surface area contributed by atoms with Crippen LogP contribution in [0, 0.1) is 45.8 Å². The molecule has 0 aromatic carbocycles. The summed E-state index contributed by atoms with van der Waals surface area (Å²) in [6, 6.07) is 0. The van der Waals surface area contributed by atoms with Gasteiger partial charge in [0.15, 0.2) is 0 Å². The van der Waals surface area contributed by atoms with E-state index in [-0.39, 0.29) is 0 Å². The highest BCUT2D eigenvalue weighted by atomic mass is 14.7. The molecular formula is C24H44. The first kappa shape index (κ1) is 18.8. The molecule has 140 valence electrons. The molecule has 0 radical (unpaired) electrons. The summed E-state index contributed by atoms with van der Waals surface area (Å²) in [5.74, 6) is 4.73. The second kappa shape index (κ2) is 6.31. The summed E-state index contributed by atoms with van der Waals surface area (Å²) in [6.07, 6.45) is 13.4. The molecule has 0 bridgehead atoms. The van der Waals surface area contributed by atoms with Crippen LogP contribution in [0.1, 0.15) is 106 Å². The van der Waals surface area contributed by atoms with Gasteiger partial charge in [-0.05, 0) is 84.4 Å². The van der Waals surface area contributed by atoms with E-state index >= 15 is 0 Å². The Morgan fingerprint density at radius 3 is 2.21 bits per heavy atom. The Hall–Kier alpha value is 0. The van der Waals surface area contributed by atoms with E-state index in [2.05, 4.69) is 48.5 Å². The van der Waals surface area contributed by atoms with Crippen LogP contribution in [0.3, 0.4) is 0 Å². The Morgan fingerprint density at radius 2 is 1.54 bits per heavy atom. The SMILES string of the molecule is CC(C)CC[C@@H]1[C@H](C)CC[C@H]2[C@@]1(C)CC[C@H]1C(C)(C)CCC[C@]21C. The topological polar surface area (TPSA) is 0 Å². The molecule has 0 aromatic heterocycles. The molecule has 3 saturated carbocycles. The molecule has 3 fully saturated rings. The van der Waals surface area contributed by atoms with Crippen LogP contribution in [0.5, 0.6) is 0 Å². The normalized spacial score (nSPS) is 48.0. The van der Waals surface area contributed by atoms with Gasteiger partial charge in [-0.25, -0.2) is 0 Å². The van der Waals surface area contributed by atoms with Crippen molar-refractivity contribution in [1.82, 2.24) is 0 Å². The maximum absolute atomic E-state index is 2.72. The van der Waals surface area contributed by atoms with E-state index in [0.29, 0.717) is 16.2 Å². The van der Waals surface area contributed by atoms with Crippen molar-refractivity contribution in [3.05, 3.63) is 0 Å². The molecule has 24 heavy (non-hydrogen) atoms. The maximum Gasteiger partial charge on any atom is -0.0259 e. The van der Waals surface area contributed by atoms with E-state index in [1.165, 1.54) is 57.8 Å². The van der Waals surface area contributed by atoms with Crippen LogP contribution in [0.15, 0.2) is 0 Å². The minimum absolute atomic E-state index is 0.574. The van der Waals surface area contributed by atoms with Crippen LogP contribution in [0.4, 0.5) is 0 Å². The van der Waals surface area contributed by atoms with Crippen LogP contribution < -0.4 is 0 Å². The first-order valence-electron chi connectivity index (χ1n) is 11.1. The van der Waals surface area contributed by atoms with Crippen molar-refractivity contribution in [3.8, 4) is 0 Å². The van der Waals surface area contributed by atoms with Gasteiger partial charge in [0.1, 0.15) is 0 Å². The zero-order valence-corrected chi connectivity index (χ0v) is 17.8. The van der Waals surface area contributed by atoms with Crippen LogP contribution in [0.25, 0.3) is 0 Å². The number of fused-ring (bicyclic) bond motifs is 3. The molecule has 0 heterocycles. The Bertz CT molecular complexity index is 447. The van der Waals surface area contributed by atoms with Crippen molar-refractivity contribution in [2.45, 2.75) is 106 Å². The van der Waals surface area contributed by atoms with E-state index in [1.807, 2.05) is 0 Å². The molecule has 3 rings (SSSR count). The van der Waals surface area contributed by atoms with Gasteiger partial charge in [-0.1, -0.05) is 67.7 Å². The smallest absolute Gasteiger partial charge is 0.0259 e. The minimum Gasteiger partial charge on any atom is -0.0628 e. The first-order chi connectivity index (χ1) is 11.1. The van der Waals surface area contributed by atoms with Crippen LogP contribution >= 0.6 is 0 Å². The van der Waals surface area contributed by atoms with Crippen LogP contribution in [-0.2, 0) is 0 Å². The van der Waals surface area contributed by atoms with Crippen molar-refractivity contribution >= 4 is 0 Å². The zero-order valence-electron chi connectivity index (χ0n) is 17.8. The van der Waals surface area contributed by atoms with Crippen LogP contribution in [-0.4, -0.2) is 0 Å². The Labute approximate surface area is 152 Å². The summed E-state index contributed by atoms with van der Waals surface area (Å²) in [4.78, 5) is 0. The number of rotatable bonds is 3. The highest BCUT2D eigenvalue weighted by Crippen LogP contribution is 2.69. The third-order valence-electron chi connectivity index (χ3n) is 9.34. The van der Waals surface area contributed by atoms with Crippen molar-refractivity contribution in [2.24, 2.45) is 45.8 Å². The summed E-state index contributed by atoms with van der Waals surface area (Å²) in [5.41, 5.74) is 1.81. The largest absolute Gasteiger partial charge is 0.0628 e. The van der Waals surface area contributed by atoms with Crippen LogP contribution in [0.2, 0.25) is 0 Å². The zero-order chi connectivity index (χ0) is 17.8. The Kier molecular flexibility index (Phi) is 4.94. The first-order valence-corrected chi connectivity index (χ1v) is 11.1. The number of hydrogen-bond donors (Lipinski definition) is 0. The third-order valence-corrected chi connectivity index (χ3v) is 9.34. The third kappa shape index (κ3) is 2.88. The van der Waals surface area contributed by atoms with Crippen molar-refractivity contribution < 1.29 is 0 Å². The fraction of sp³-hybridized carbons (Fsp3) is 1.00. The van der Waals surface area contributed by atoms with E-state index in [4.69, 9.17) is 0 Å². The maximum atomic E-state index is 2.72. The quantitative estimate of drug-likeness (QED) is 0.496. The van der Waals surface area contributed by atoms with Crippen molar-refractivity contribution in [1.29, 1.82) is 0 Å². The minimum atomic E-state index is 0.574. The molecule has 0 nitrogen and oxygen atoms in total. The molecule has 0 unspecified atom stereocenters. The van der Waals surface area contributed by atoms with Gasteiger partial charge in [0.25, 0.3) is 0 Å². The predicted molar refractivity (Wildman–Crippen MR) is 106 cm³/mol. The summed E-state index contributed by atoms with van der Waals surface area (Å²) >= 11 is 0. The molecule has 0 saturated heterocycles. The van der Waals surface area contributed by atoms with Gasteiger partial charge in [-0.15, -0.1) is 0 Å². The number of hydrogen-bond acceptors (Lipinski definition) is 0. The van der Waals surface area contributed by atoms with Gasteiger partial charge < -0.3 is 0 Å². The van der Waals surface area contributed by atoms with E-state index < -0.39 is 0 Å². The fourth-order valence-electron chi connectivity index (χ4n) is 8.20. The average Bonchev–Trinajstić information content (AvgIpc) is 2.44. The molecule has 3 aliphatic carbocycles. The Morgan fingerprint density at radius 1 is 0.833 bits per heavy atom. The molecular weight excluding hydrogens is 288 g/mol. The van der Waals surface area contributed by atoms with Gasteiger partial charge in [0.2, 0.25) is 0 Å². The van der Waals surface area contributed by atoms with Gasteiger partial charge in [0.05, 0.1) is 0 Å². The van der Waals surface area contributed by atoms with E-state index in [1.54, 1.807) is 0 Å². The lowest BCUT2D eigenvalue weighted by atomic mass is 9.38. The summed E-state index contributed by atoms with van der Waals surface area (Å²) in [6.45, 7) is 18.0. The molecule has 0 heteroatoms. The lowest BCUT2D eigenvalue weighted by molar-refractivity contribution is -0.174. The predicted octanol–water partition coefficient (Wildman–Crippen LogP) is 7.72. The van der Waals surface area contributed by atoms with Gasteiger partial charge >= 0.3 is 0 Å². The highest BCUT2D eigenvalue weighted by molar-refractivity contribution is 5.10. The molecule has 6 atom stereocenters. The second-order valence-electron chi connectivity index (χ2n) is 11.6. The van der Waals surface area contributed by atoms with Gasteiger partial charge in [-0.2, -0.15) is 0 Å². The lowest BCUT2D eigenvalue weighted by Gasteiger charge is -2.66. The van der Waals surface area contributed by atoms with Gasteiger partial charge in [0, 0.05) is 0 Å². The highest BCUT2D eigenvalue weighted by Gasteiger charge is 2.61. The van der Waals surface area contributed by atoms with E-state index in [9.17, 15) is 0 Å². The molecule has 0 aromatic rings. The summed E-state index contributed by atoms with van der Waals surface area (Å²) in [5, 5.41) is 0. The molecule has 0 spiro atoms. The fourth-order valence-corrected chi connectivity index (χ4v) is 8.20. The molecule has 0 aliphatic heterocycles.